The van der Waals surface area contributed by atoms with Crippen LogP contribution in [0.4, 0.5) is 0 Å². The molecule has 0 aromatic heterocycles. The Morgan fingerprint density at radius 1 is 0.893 bits per heavy atom. The number of carbonyl (C=O) groups excluding carboxylic acids is 1. The highest BCUT2D eigenvalue weighted by Crippen LogP contribution is 2.35. The zero-order valence-electron chi connectivity index (χ0n) is 14.5. The highest BCUT2D eigenvalue weighted by atomic mass is 32.1. The number of hydrogen-bond donors (Lipinski definition) is 2. The zero-order chi connectivity index (χ0) is 19.7. The minimum atomic E-state index is -0.542. The van der Waals surface area contributed by atoms with Crippen molar-refractivity contribution < 1.29 is 13.9 Å². The Balaban J connectivity index is 1.74. The van der Waals surface area contributed by atoms with Crippen LogP contribution in [-0.4, -0.2) is 5.97 Å². The van der Waals surface area contributed by atoms with Crippen molar-refractivity contribution in [1.29, 1.82) is 0 Å². The second kappa shape index (κ2) is 7.58. The fraction of sp³-hybridized carbons (Fsp3) is 0. The molecule has 2 aromatic rings. The van der Waals surface area contributed by atoms with Gasteiger partial charge in [-0.15, -0.1) is 25.3 Å². The van der Waals surface area contributed by atoms with Crippen LogP contribution in [-0.2, 0) is 0 Å². The van der Waals surface area contributed by atoms with E-state index in [0.29, 0.717) is 27.3 Å². The molecule has 0 atom stereocenters. The van der Waals surface area contributed by atoms with E-state index in [9.17, 15) is 9.59 Å². The SMILES string of the molecule is O=C(Oc1cc2oc(=O)c(-c3ccccc3)c-2ccc1S)c1ccc(S)cc1. The quantitative estimate of drug-likeness (QED) is 0.362. The Labute approximate surface area is 171 Å². The minimum Gasteiger partial charge on any atom is -0.422 e. The highest BCUT2D eigenvalue weighted by molar-refractivity contribution is 7.80. The zero-order valence-corrected chi connectivity index (χ0v) is 16.2. The maximum Gasteiger partial charge on any atom is 0.344 e. The largest absolute Gasteiger partial charge is 0.422 e. The normalized spacial score (nSPS) is 10.8. The summed E-state index contributed by atoms with van der Waals surface area (Å²) in [5, 5.41) is 0. The van der Waals surface area contributed by atoms with Crippen molar-refractivity contribution in [2.75, 3.05) is 0 Å². The second-order valence-electron chi connectivity index (χ2n) is 6.07. The van der Waals surface area contributed by atoms with E-state index < -0.39 is 11.6 Å². The predicted molar refractivity (Wildman–Crippen MR) is 113 cm³/mol. The summed E-state index contributed by atoms with van der Waals surface area (Å²) in [5.74, 6) is -0.0236. The van der Waals surface area contributed by atoms with Crippen LogP contribution in [0.2, 0.25) is 0 Å². The molecule has 0 spiro atoms. The standard InChI is InChI=1S/C22H14O4S2/c23-21(14-6-8-15(27)9-7-14)26-18-12-17-16(10-11-19(18)28)20(22(24)25-17)13-4-2-1-3-5-13/h1-12,27-28H. The van der Waals surface area contributed by atoms with Gasteiger partial charge in [0.2, 0.25) is 0 Å². The van der Waals surface area contributed by atoms with Crippen molar-refractivity contribution in [2.45, 2.75) is 9.79 Å². The molecule has 28 heavy (non-hydrogen) atoms. The summed E-state index contributed by atoms with van der Waals surface area (Å²) in [6.45, 7) is 0. The molecular formula is C22H14O4S2. The van der Waals surface area contributed by atoms with Crippen molar-refractivity contribution in [1.82, 2.24) is 0 Å². The van der Waals surface area contributed by atoms with Gasteiger partial charge in [0, 0.05) is 21.4 Å². The molecule has 1 aliphatic heterocycles. The molecule has 0 amide bonds. The molecular weight excluding hydrogens is 392 g/mol. The van der Waals surface area contributed by atoms with E-state index in [4.69, 9.17) is 9.15 Å². The third-order valence-electron chi connectivity index (χ3n) is 4.23. The molecule has 1 aliphatic carbocycles. The van der Waals surface area contributed by atoms with Gasteiger partial charge >= 0.3 is 11.6 Å². The number of fused-ring (bicyclic) bond motifs is 1. The Morgan fingerprint density at radius 2 is 1.61 bits per heavy atom. The van der Waals surface area contributed by atoms with Crippen LogP contribution in [0, 0.1) is 0 Å². The lowest BCUT2D eigenvalue weighted by Crippen LogP contribution is -2.08. The van der Waals surface area contributed by atoms with Crippen LogP contribution >= 0.6 is 25.3 Å². The van der Waals surface area contributed by atoms with Gasteiger partial charge in [-0.05, 0) is 42.0 Å². The van der Waals surface area contributed by atoms with Gasteiger partial charge < -0.3 is 9.15 Å². The van der Waals surface area contributed by atoms with E-state index in [-0.39, 0.29) is 5.75 Å². The van der Waals surface area contributed by atoms with Gasteiger partial charge in [-0.1, -0.05) is 30.3 Å². The summed E-state index contributed by atoms with van der Waals surface area (Å²) in [4.78, 5) is 26.0. The minimum absolute atomic E-state index is 0.201. The first kappa shape index (κ1) is 18.4. The van der Waals surface area contributed by atoms with Crippen LogP contribution in [0.25, 0.3) is 22.5 Å². The molecule has 0 radical (unpaired) electrons. The molecule has 2 aliphatic rings. The summed E-state index contributed by atoms with van der Waals surface area (Å²) in [7, 11) is 0. The van der Waals surface area contributed by atoms with Crippen molar-refractivity contribution in [2.24, 2.45) is 0 Å². The van der Waals surface area contributed by atoms with Gasteiger partial charge in [-0.25, -0.2) is 9.59 Å². The van der Waals surface area contributed by atoms with Crippen LogP contribution < -0.4 is 10.4 Å². The van der Waals surface area contributed by atoms with Crippen molar-refractivity contribution in [3.63, 3.8) is 0 Å². The summed E-state index contributed by atoms with van der Waals surface area (Å²) < 4.78 is 10.9. The first-order valence-corrected chi connectivity index (χ1v) is 9.29. The Morgan fingerprint density at radius 3 is 2.32 bits per heavy atom. The predicted octanol–water partition coefficient (Wildman–Crippen LogP) is 5.21. The number of hydrogen-bond acceptors (Lipinski definition) is 6. The lowest BCUT2D eigenvalue weighted by Gasteiger charge is -2.05. The smallest absolute Gasteiger partial charge is 0.344 e. The van der Waals surface area contributed by atoms with Gasteiger partial charge in [-0.3, -0.25) is 0 Å². The molecule has 6 heteroatoms. The molecule has 2 aromatic carbocycles. The number of thiol groups is 2. The van der Waals surface area contributed by atoms with Crippen LogP contribution in [0.1, 0.15) is 10.4 Å². The summed E-state index contributed by atoms with van der Waals surface area (Å²) in [6.07, 6.45) is 0. The third-order valence-corrected chi connectivity index (χ3v) is 4.90. The second-order valence-corrected chi connectivity index (χ2v) is 7.07. The monoisotopic (exact) mass is 406 g/mol. The molecule has 0 saturated carbocycles. The first-order valence-electron chi connectivity index (χ1n) is 8.39. The van der Waals surface area contributed by atoms with Gasteiger partial charge in [-0.2, -0.15) is 0 Å². The van der Waals surface area contributed by atoms with E-state index in [1.165, 1.54) is 6.07 Å². The fourth-order valence-corrected chi connectivity index (χ4v) is 3.20. The van der Waals surface area contributed by atoms with Crippen LogP contribution in [0.5, 0.6) is 5.75 Å². The lowest BCUT2D eigenvalue weighted by atomic mass is 10.0. The maximum absolute atomic E-state index is 12.4. The average molecular weight is 406 g/mol. The third kappa shape index (κ3) is 3.56. The molecule has 4 nitrogen and oxygen atoms in total. The topological polar surface area (TPSA) is 56.5 Å². The van der Waals surface area contributed by atoms with Crippen molar-refractivity contribution in [3.8, 4) is 28.2 Å². The average Bonchev–Trinajstić information content (AvgIpc) is 2.93. The van der Waals surface area contributed by atoms with Crippen molar-refractivity contribution >= 4 is 31.2 Å². The molecule has 138 valence electrons. The molecule has 0 N–H and O–H groups in total. The number of ether oxygens (including phenoxy) is 1. The molecule has 0 saturated heterocycles. The molecule has 4 rings (SSSR count). The lowest BCUT2D eigenvalue weighted by molar-refractivity contribution is 0.0730. The Hall–Kier alpha value is -2.96. The van der Waals surface area contributed by atoms with E-state index in [1.54, 1.807) is 36.4 Å². The van der Waals surface area contributed by atoms with Crippen molar-refractivity contribution in [3.05, 3.63) is 88.8 Å². The van der Waals surface area contributed by atoms with E-state index in [2.05, 4.69) is 25.3 Å². The Bertz CT molecular complexity index is 1180. The summed E-state index contributed by atoms with van der Waals surface area (Å²) >= 11 is 8.61. The summed E-state index contributed by atoms with van der Waals surface area (Å²) in [6, 6.07) is 20.8. The molecule has 0 unspecified atom stereocenters. The maximum atomic E-state index is 12.4. The highest BCUT2D eigenvalue weighted by Gasteiger charge is 2.20. The van der Waals surface area contributed by atoms with E-state index >= 15 is 0 Å². The van der Waals surface area contributed by atoms with Gasteiger partial charge in [0.15, 0.2) is 0 Å². The number of benzene rings is 2. The summed E-state index contributed by atoms with van der Waals surface area (Å²) in [5.41, 5.74) is 1.76. The van der Waals surface area contributed by atoms with E-state index in [0.717, 1.165) is 10.5 Å². The number of furan rings is 1. The number of rotatable bonds is 3. The van der Waals surface area contributed by atoms with Crippen LogP contribution in [0.3, 0.4) is 0 Å². The number of esters is 1. The van der Waals surface area contributed by atoms with Gasteiger partial charge in [0.1, 0.15) is 11.5 Å². The number of carbonyl (C=O) groups is 1. The molecule has 0 fully saturated rings. The Kier molecular flexibility index (Phi) is 4.98. The molecule has 0 bridgehead atoms. The van der Waals surface area contributed by atoms with Crippen LogP contribution in [0.15, 0.2) is 91.8 Å². The van der Waals surface area contributed by atoms with Gasteiger partial charge in [0.25, 0.3) is 0 Å². The molecule has 1 heterocycles. The first-order chi connectivity index (χ1) is 13.5. The fourth-order valence-electron chi connectivity index (χ4n) is 2.87. The van der Waals surface area contributed by atoms with Gasteiger partial charge in [0.05, 0.1) is 11.1 Å². The van der Waals surface area contributed by atoms with E-state index in [1.807, 2.05) is 30.3 Å².